The van der Waals surface area contributed by atoms with Crippen LogP contribution in [0, 0.1) is 5.82 Å². The number of amides is 3. The number of nitrogens with zero attached hydrogens (tertiary/aromatic N) is 2. The number of hydrogen-bond acceptors (Lipinski definition) is 4. The summed E-state index contributed by atoms with van der Waals surface area (Å²) in [5.41, 5.74) is 4.15. The molecule has 2 aromatic carbocycles. The molecule has 35 heavy (non-hydrogen) atoms. The maximum Gasteiger partial charge on any atom is 0.255 e. The summed E-state index contributed by atoms with van der Waals surface area (Å²) in [6.07, 6.45) is 4.15. The normalized spacial score (nSPS) is 21.6. The van der Waals surface area contributed by atoms with Crippen LogP contribution in [0.25, 0.3) is 10.9 Å². The Labute approximate surface area is 202 Å². The van der Waals surface area contributed by atoms with E-state index >= 15 is 4.39 Å². The summed E-state index contributed by atoms with van der Waals surface area (Å²) < 4.78 is 15.1. The van der Waals surface area contributed by atoms with Crippen LogP contribution in [0.4, 0.5) is 4.39 Å². The molecule has 2 saturated heterocycles. The fraction of sp³-hybridized carbons (Fsp3) is 0.370. The highest BCUT2D eigenvalue weighted by atomic mass is 19.1. The number of likely N-dealkylation sites (tertiary alicyclic amines) is 1. The number of nitrogens with one attached hydrogen (secondary N) is 2. The van der Waals surface area contributed by atoms with Gasteiger partial charge >= 0.3 is 0 Å². The van der Waals surface area contributed by atoms with Gasteiger partial charge in [0.2, 0.25) is 11.8 Å². The van der Waals surface area contributed by atoms with Crippen LogP contribution in [0.5, 0.6) is 0 Å². The molecular formula is C27H27FN4O3. The number of hydrogen-bond donors (Lipinski definition) is 2. The summed E-state index contributed by atoms with van der Waals surface area (Å²) >= 11 is 0. The van der Waals surface area contributed by atoms with E-state index in [1.54, 1.807) is 0 Å². The predicted octanol–water partition coefficient (Wildman–Crippen LogP) is 3.45. The maximum atomic E-state index is 15.1. The third kappa shape index (κ3) is 4.01. The van der Waals surface area contributed by atoms with Crippen LogP contribution in [-0.2, 0) is 22.7 Å². The zero-order valence-corrected chi connectivity index (χ0v) is 19.4. The second-order valence-corrected chi connectivity index (χ2v) is 9.88. The number of carbonyl (C=O) groups is 3. The Bertz CT molecular complexity index is 1340. The van der Waals surface area contributed by atoms with Gasteiger partial charge in [0.05, 0.1) is 0 Å². The predicted molar refractivity (Wildman–Crippen MR) is 128 cm³/mol. The highest BCUT2D eigenvalue weighted by Gasteiger charge is 2.40. The first-order chi connectivity index (χ1) is 17.0. The van der Waals surface area contributed by atoms with Crippen molar-refractivity contribution in [1.29, 1.82) is 0 Å². The van der Waals surface area contributed by atoms with Crippen LogP contribution < -0.4 is 5.32 Å². The van der Waals surface area contributed by atoms with Crippen molar-refractivity contribution >= 4 is 28.6 Å². The minimum absolute atomic E-state index is 0.0992. The molecule has 0 bridgehead atoms. The Hall–Kier alpha value is -3.52. The molecule has 2 N–H and O–H groups in total. The summed E-state index contributed by atoms with van der Waals surface area (Å²) in [4.78, 5) is 43.8. The first-order valence-corrected chi connectivity index (χ1v) is 12.2. The lowest BCUT2D eigenvalue weighted by molar-refractivity contribution is -0.136. The summed E-state index contributed by atoms with van der Waals surface area (Å²) in [6.45, 7) is 2.90. The molecule has 6 rings (SSSR count). The number of halogens is 1. The van der Waals surface area contributed by atoms with Crippen LogP contribution in [0.15, 0.2) is 42.6 Å². The second-order valence-electron chi connectivity index (χ2n) is 9.88. The average molecular weight is 475 g/mol. The maximum absolute atomic E-state index is 15.1. The average Bonchev–Trinajstić information content (AvgIpc) is 3.43. The quantitative estimate of drug-likeness (QED) is 0.568. The molecule has 2 fully saturated rings. The molecular weight excluding hydrogens is 447 g/mol. The lowest BCUT2D eigenvalue weighted by atomic mass is 9.87. The molecule has 3 aromatic rings. The molecule has 3 amide bonds. The molecule has 0 saturated carbocycles. The highest BCUT2D eigenvalue weighted by molar-refractivity contribution is 6.05. The summed E-state index contributed by atoms with van der Waals surface area (Å²) in [6, 6.07) is 11.0. The summed E-state index contributed by atoms with van der Waals surface area (Å²) in [7, 11) is 0. The number of imide groups is 1. The standard InChI is InChI=1S/C27H27FN4O3/c28-22-13-21-19(15-32(27(21)35)24-3-4-25(33)30-26(24)34)12-20(22)17-6-9-31(10-7-17)14-16-1-2-18-5-8-29-23(18)11-16/h1-2,5,8,11-13,17,24,29H,3-4,6-7,9-10,14-15H2,(H,30,33,34). The van der Waals surface area contributed by atoms with E-state index < -0.39 is 11.9 Å². The van der Waals surface area contributed by atoms with Crippen LogP contribution in [-0.4, -0.2) is 51.6 Å². The molecule has 4 heterocycles. The van der Waals surface area contributed by atoms with Gasteiger partial charge in [-0.05, 0) is 78.5 Å². The number of rotatable bonds is 4. The van der Waals surface area contributed by atoms with E-state index in [-0.39, 0.29) is 36.5 Å². The van der Waals surface area contributed by atoms with E-state index in [1.165, 1.54) is 21.9 Å². The second kappa shape index (κ2) is 8.61. The molecule has 0 aliphatic carbocycles. The zero-order valence-electron chi connectivity index (χ0n) is 19.4. The fourth-order valence-corrected chi connectivity index (χ4v) is 5.77. The zero-order chi connectivity index (χ0) is 24.1. The number of carbonyl (C=O) groups excluding carboxylic acids is 3. The largest absolute Gasteiger partial charge is 0.361 e. The van der Waals surface area contributed by atoms with E-state index in [0.717, 1.165) is 43.6 Å². The van der Waals surface area contributed by atoms with Crippen molar-refractivity contribution in [3.8, 4) is 0 Å². The van der Waals surface area contributed by atoms with E-state index in [9.17, 15) is 14.4 Å². The lowest BCUT2D eigenvalue weighted by Crippen LogP contribution is -2.52. The van der Waals surface area contributed by atoms with Crippen molar-refractivity contribution in [2.75, 3.05) is 13.1 Å². The van der Waals surface area contributed by atoms with Crippen LogP contribution >= 0.6 is 0 Å². The van der Waals surface area contributed by atoms with Gasteiger partial charge in [0.25, 0.3) is 5.91 Å². The number of benzene rings is 2. The number of aromatic nitrogens is 1. The Morgan fingerprint density at radius 1 is 1.00 bits per heavy atom. The minimum atomic E-state index is -0.687. The first kappa shape index (κ1) is 22.0. The Morgan fingerprint density at radius 2 is 1.83 bits per heavy atom. The van der Waals surface area contributed by atoms with Crippen molar-refractivity contribution in [3.05, 3.63) is 70.7 Å². The van der Waals surface area contributed by atoms with Crippen molar-refractivity contribution < 1.29 is 18.8 Å². The molecule has 1 atom stereocenters. The van der Waals surface area contributed by atoms with Gasteiger partial charge in [-0.15, -0.1) is 0 Å². The molecule has 1 unspecified atom stereocenters. The van der Waals surface area contributed by atoms with E-state index in [4.69, 9.17) is 0 Å². The Balaban J connectivity index is 1.13. The molecule has 3 aliphatic heterocycles. The van der Waals surface area contributed by atoms with E-state index in [2.05, 4.69) is 39.5 Å². The van der Waals surface area contributed by atoms with Crippen molar-refractivity contribution in [3.63, 3.8) is 0 Å². The van der Waals surface area contributed by atoms with Crippen molar-refractivity contribution in [2.45, 2.75) is 50.7 Å². The van der Waals surface area contributed by atoms with Gasteiger partial charge in [-0.1, -0.05) is 18.2 Å². The smallest absolute Gasteiger partial charge is 0.255 e. The molecule has 8 heteroatoms. The third-order valence-corrected chi connectivity index (χ3v) is 7.69. The van der Waals surface area contributed by atoms with Gasteiger partial charge < -0.3 is 9.88 Å². The van der Waals surface area contributed by atoms with Gasteiger partial charge in [-0.2, -0.15) is 0 Å². The number of fused-ring (bicyclic) bond motifs is 2. The van der Waals surface area contributed by atoms with Gasteiger partial charge in [0, 0.05) is 36.8 Å². The monoisotopic (exact) mass is 474 g/mol. The molecule has 7 nitrogen and oxygen atoms in total. The molecule has 1 aromatic heterocycles. The summed E-state index contributed by atoms with van der Waals surface area (Å²) in [5, 5.41) is 3.51. The molecule has 3 aliphatic rings. The first-order valence-electron chi connectivity index (χ1n) is 12.2. The molecule has 0 spiro atoms. The van der Waals surface area contributed by atoms with E-state index in [0.29, 0.717) is 17.5 Å². The third-order valence-electron chi connectivity index (χ3n) is 7.69. The van der Waals surface area contributed by atoms with Gasteiger partial charge in [-0.25, -0.2) is 4.39 Å². The van der Waals surface area contributed by atoms with Crippen molar-refractivity contribution in [2.24, 2.45) is 0 Å². The van der Waals surface area contributed by atoms with Crippen LogP contribution in [0.2, 0.25) is 0 Å². The molecule has 180 valence electrons. The number of aromatic amines is 1. The fourth-order valence-electron chi connectivity index (χ4n) is 5.77. The van der Waals surface area contributed by atoms with Crippen molar-refractivity contribution in [1.82, 2.24) is 20.1 Å². The van der Waals surface area contributed by atoms with Gasteiger partial charge in [0.1, 0.15) is 11.9 Å². The SMILES string of the molecule is O=C1CCC(N2Cc3cc(C4CCN(Cc5ccc6cc[nH]c6c5)CC4)c(F)cc3C2=O)C(=O)N1. The number of piperidine rings is 2. The van der Waals surface area contributed by atoms with Gasteiger partial charge in [0.15, 0.2) is 0 Å². The topological polar surface area (TPSA) is 85.5 Å². The van der Waals surface area contributed by atoms with E-state index in [1.807, 2.05) is 12.3 Å². The van der Waals surface area contributed by atoms with Crippen LogP contribution in [0.3, 0.4) is 0 Å². The minimum Gasteiger partial charge on any atom is -0.361 e. The summed E-state index contributed by atoms with van der Waals surface area (Å²) in [5.74, 6) is -1.36. The Morgan fingerprint density at radius 3 is 2.63 bits per heavy atom. The highest BCUT2D eigenvalue weighted by Crippen LogP contribution is 2.35. The molecule has 0 radical (unpaired) electrons. The van der Waals surface area contributed by atoms with Gasteiger partial charge in [-0.3, -0.25) is 24.6 Å². The van der Waals surface area contributed by atoms with Crippen LogP contribution in [0.1, 0.15) is 58.6 Å². The lowest BCUT2D eigenvalue weighted by Gasteiger charge is -2.32. The Kier molecular flexibility index (Phi) is 5.40. The number of H-pyrrole nitrogens is 1.